The number of aromatic nitrogens is 2. The fourth-order valence-electron chi connectivity index (χ4n) is 3.04. The number of hydrogen-bond donors (Lipinski definition) is 1. The number of rotatable bonds is 6. The Hall–Kier alpha value is -3.68. The normalized spacial score (nSPS) is 10.6. The zero-order valence-corrected chi connectivity index (χ0v) is 16.7. The van der Waals surface area contributed by atoms with E-state index in [9.17, 15) is 14.9 Å². The number of nitrogens with zero attached hydrogens (tertiary/aromatic N) is 3. The van der Waals surface area contributed by atoms with Gasteiger partial charge in [0.1, 0.15) is 5.75 Å². The van der Waals surface area contributed by atoms with Crippen molar-refractivity contribution in [2.24, 2.45) is 0 Å². The van der Waals surface area contributed by atoms with Crippen molar-refractivity contribution in [1.82, 2.24) is 9.78 Å². The molecule has 0 spiro atoms. The molecule has 29 heavy (non-hydrogen) atoms. The second-order valence-corrected chi connectivity index (χ2v) is 6.79. The highest BCUT2D eigenvalue weighted by Crippen LogP contribution is 2.27. The van der Waals surface area contributed by atoms with E-state index in [2.05, 4.69) is 10.4 Å². The molecule has 8 nitrogen and oxygen atoms in total. The molecule has 0 bridgehead atoms. The van der Waals surface area contributed by atoms with Crippen LogP contribution in [0.25, 0.3) is 5.69 Å². The summed E-state index contributed by atoms with van der Waals surface area (Å²) in [5.41, 5.74) is 4.49. The number of anilines is 1. The first-order valence-corrected chi connectivity index (χ1v) is 9.08. The molecule has 1 aromatic heterocycles. The molecule has 0 fully saturated rings. The number of hydrogen-bond acceptors (Lipinski definition) is 5. The van der Waals surface area contributed by atoms with Crippen LogP contribution >= 0.6 is 0 Å². The number of nitro groups is 1. The van der Waals surface area contributed by atoms with Crippen LogP contribution in [-0.2, 0) is 4.79 Å². The number of carbonyl (C=O) groups is 1. The molecular formula is C21H22N4O4. The van der Waals surface area contributed by atoms with Crippen LogP contribution in [0.5, 0.6) is 5.75 Å². The topological polar surface area (TPSA) is 99.3 Å². The van der Waals surface area contributed by atoms with E-state index in [0.29, 0.717) is 22.7 Å². The van der Waals surface area contributed by atoms with Crippen LogP contribution in [0.15, 0.2) is 42.5 Å². The third-order valence-electron chi connectivity index (χ3n) is 4.65. The summed E-state index contributed by atoms with van der Waals surface area (Å²) in [7, 11) is 0. The molecule has 0 saturated carbocycles. The van der Waals surface area contributed by atoms with Gasteiger partial charge in [-0.3, -0.25) is 14.9 Å². The minimum atomic E-state index is -0.478. The molecule has 0 saturated heterocycles. The molecule has 1 heterocycles. The predicted molar refractivity (Wildman–Crippen MR) is 110 cm³/mol. The van der Waals surface area contributed by atoms with Gasteiger partial charge in [0.25, 0.3) is 11.6 Å². The highest BCUT2D eigenvalue weighted by Gasteiger charge is 2.17. The molecule has 2 aromatic carbocycles. The molecule has 0 unspecified atom stereocenters. The minimum absolute atomic E-state index is 0.0472. The number of nitrogens with one attached hydrogen (secondary N) is 1. The number of benzene rings is 2. The Morgan fingerprint density at radius 2 is 1.83 bits per heavy atom. The second kappa shape index (κ2) is 8.14. The van der Waals surface area contributed by atoms with E-state index in [1.165, 1.54) is 12.1 Å². The number of aryl methyl sites for hydroxylation is 2. The average molecular weight is 394 g/mol. The first-order chi connectivity index (χ1) is 13.8. The Bertz CT molecular complexity index is 1070. The predicted octanol–water partition coefficient (Wildman–Crippen LogP) is 4.03. The molecule has 150 valence electrons. The summed E-state index contributed by atoms with van der Waals surface area (Å²) in [6.07, 6.45) is 0. The third-order valence-corrected chi connectivity index (χ3v) is 4.65. The zero-order chi connectivity index (χ0) is 21.1. The van der Waals surface area contributed by atoms with Gasteiger partial charge in [0.05, 0.1) is 33.2 Å². The van der Waals surface area contributed by atoms with Gasteiger partial charge in [-0.1, -0.05) is 23.8 Å². The summed E-state index contributed by atoms with van der Waals surface area (Å²) in [5, 5.41) is 18.4. The minimum Gasteiger partial charge on any atom is -0.483 e. The second-order valence-electron chi connectivity index (χ2n) is 6.79. The number of amides is 1. The maximum atomic E-state index is 12.4. The van der Waals surface area contributed by atoms with Crippen LogP contribution in [0.1, 0.15) is 22.5 Å². The lowest BCUT2D eigenvalue weighted by Crippen LogP contribution is -2.21. The SMILES string of the molecule is Cc1ccc(-n2nc(C)c(NC(=O)COc3cccc([N+](=O)[O-])c3C)c2C)cc1. The van der Waals surface area contributed by atoms with Crippen molar-refractivity contribution in [3.63, 3.8) is 0 Å². The summed E-state index contributed by atoms with van der Waals surface area (Å²) in [5.74, 6) is -0.0660. The van der Waals surface area contributed by atoms with Crippen LogP contribution in [0.3, 0.4) is 0 Å². The first kappa shape index (κ1) is 20.1. The van der Waals surface area contributed by atoms with Gasteiger partial charge in [0.15, 0.2) is 6.61 Å². The van der Waals surface area contributed by atoms with Crippen LogP contribution in [0, 0.1) is 37.8 Å². The van der Waals surface area contributed by atoms with Crippen molar-refractivity contribution < 1.29 is 14.5 Å². The number of carbonyl (C=O) groups excluding carboxylic acids is 1. The molecule has 1 N–H and O–H groups in total. The van der Waals surface area contributed by atoms with Crippen molar-refractivity contribution in [3.05, 3.63) is 75.1 Å². The Balaban J connectivity index is 1.73. The maximum absolute atomic E-state index is 12.4. The highest BCUT2D eigenvalue weighted by molar-refractivity contribution is 5.93. The average Bonchev–Trinajstić information content (AvgIpc) is 2.96. The lowest BCUT2D eigenvalue weighted by Gasteiger charge is -2.10. The van der Waals surface area contributed by atoms with Crippen molar-refractivity contribution in [3.8, 4) is 11.4 Å². The van der Waals surface area contributed by atoms with Crippen molar-refractivity contribution >= 4 is 17.3 Å². The Morgan fingerprint density at radius 1 is 1.14 bits per heavy atom. The van der Waals surface area contributed by atoms with Crippen LogP contribution in [0.4, 0.5) is 11.4 Å². The van der Waals surface area contributed by atoms with Crippen LogP contribution in [0.2, 0.25) is 0 Å². The molecule has 3 rings (SSSR count). The summed E-state index contributed by atoms with van der Waals surface area (Å²) in [6, 6.07) is 12.5. The fourth-order valence-corrected chi connectivity index (χ4v) is 3.04. The zero-order valence-electron chi connectivity index (χ0n) is 16.7. The monoisotopic (exact) mass is 394 g/mol. The lowest BCUT2D eigenvalue weighted by atomic mass is 10.2. The van der Waals surface area contributed by atoms with Crippen molar-refractivity contribution in [2.75, 3.05) is 11.9 Å². The van der Waals surface area contributed by atoms with Crippen LogP contribution in [-0.4, -0.2) is 27.2 Å². The molecule has 1 amide bonds. The van der Waals surface area contributed by atoms with E-state index < -0.39 is 4.92 Å². The third kappa shape index (κ3) is 4.26. The first-order valence-electron chi connectivity index (χ1n) is 9.08. The van der Waals surface area contributed by atoms with E-state index in [1.807, 2.05) is 45.0 Å². The van der Waals surface area contributed by atoms with E-state index in [1.54, 1.807) is 17.7 Å². The summed E-state index contributed by atoms with van der Waals surface area (Å²) in [4.78, 5) is 23.0. The fraction of sp³-hybridized carbons (Fsp3) is 0.238. The van der Waals surface area contributed by atoms with Crippen molar-refractivity contribution in [2.45, 2.75) is 27.7 Å². The van der Waals surface area contributed by atoms with Gasteiger partial charge in [0, 0.05) is 6.07 Å². The molecule has 8 heteroatoms. The molecule has 0 aliphatic rings. The quantitative estimate of drug-likeness (QED) is 0.503. The number of nitro benzene ring substituents is 1. The van der Waals surface area contributed by atoms with E-state index in [0.717, 1.165) is 16.9 Å². The molecule has 3 aromatic rings. The van der Waals surface area contributed by atoms with Gasteiger partial charge in [0.2, 0.25) is 0 Å². The molecule has 0 aliphatic carbocycles. The Labute approximate surface area is 168 Å². The molecular weight excluding hydrogens is 372 g/mol. The highest BCUT2D eigenvalue weighted by atomic mass is 16.6. The van der Waals surface area contributed by atoms with Gasteiger partial charge in [-0.15, -0.1) is 0 Å². The summed E-state index contributed by atoms with van der Waals surface area (Å²) < 4.78 is 7.28. The molecule has 0 radical (unpaired) electrons. The van der Waals surface area contributed by atoms with Gasteiger partial charge in [-0.25, -0.2) is 4.68 Å². The maximum Gasteiger partial charge on any atom is 0.276 e. The van der Waals surface area contributed by atoms with Crippen LogP contribution < -0.4 is 10.1 Å². The van der Waals surface area contributed by atoms with Gasteiger partial charge >= 0.3 is 0 Å². The lowest BCUT2D eigenvalue weighted by molar-refractivity contribution is -0.385. The van der Waals surface area contributed by atoms with E-state index in [-0.39, 0.29) is 18.2 Å². The Kier molecular flexibility index (Phi) is 5.63. The summed E-state index contributed by atoms with van der Waals surface area (Å²) in [6.45, 7) is 7.03. The smallest absolute Gasteiger partial charge is 0.276 e. The van der Waals surface area contributed by atoms with E-state index >= 15 is 0 Å². The van der Waals surface area contributed by atoms with Crippen molar-refractivity contribution in [1.29, 1.82) is 0 Å². The largest absolute Gasteiger partial charge is 0.483 e. The standard InChI is InChI=1S/C21H22N4O4/c1-13-8-10-17(11-9-13)24-16(4)21(15(3)23-24)22-20(26)12-29-19-7-5-6-18(14(19)2)25(27)28/h5-11H,12H2,1-4H3,(H,22,26). The number of ether oxygens (including phenoxy) is 1. The Morgan fingerprint density at radius 3 is 2.48 bits per heavy atom. The molecule has 0 aliphatic heterocycles. The van der Waals surface area contributed by atoms with Gasteiger partial charge in [-0.05, 0) is 45.9 Å². The van der Waals surface area contributed by atoms with Gasteiger partial charge in [-0.2, -0.15) is 5.10 Å². The van der Waals surface area contributed by atoms with E-state index in [4.69, 9.17) is 4.74 Å². The summed E-state index contributed by atoms with van der Waals surface area (Å²) >= 11 is 0. The molecule has 0 atom stereocenters. The van der Waals surface area contributed by atoms with Gasteiger partial charge < -0.3 is 10.1 Å².